The summed E-state index contributed by atoms with van der Waals surface area (Å²) in [5, 5.41) is 10.1. The molecule has 14 heavy (non-hydrogen) atoms. The molecule has 2 rings (SSSR count). The van der Waals surface area contributed by atoms with Gasteiger partial charge in [0.2, 0.25) is 0 Å². The summed E-state index contributed by atoms with van der Waals surface area (Å²) in [6, 6.07) is 7.80. The molecule has 0 spiro atoms. The lowest BCUT2D eigenvalue weighted by Crippen LogP contribution is -2.23. The molecule has 1 aliphatic carbocycles. The molecule has 0 aromatic heterocycles. The van der Waals surface area contributed by atoms with Crippen LogP contribution in [0.4, 0.5) is 0 Å². The van der Waals surface area contributed by atoms with Crippen LogP contribution in [0.1, 0.15) is 24.5 Å². The summed E-state index contributed by atoms with van der Waals surface area (Å²) in [4.78, 5) is 0. The van der Waals surface area contributed by atoms with E-state index < -0.39 is 6.10 Å². The van der Waals surface area contributed by atoms with Gasteiger partial charge in [-0.3, -0.25) is 0 Å². The van der Waals surface area contributed by atoms with Crippen LogP contribution in [0.25, 0.3) is 0 Å². The van der Waals surface area contributed by atoms with Crippen molar-refractivity contribution in [3.05, 3.63) is 34.3 Å². The second-order valence-corrected chi connectivity index (χ2v) is 4.94. The van der Waals surface area contributed by atoms with Gasteiger partial charge in [-0.05, 0) is 30.5 Å². The lowest BCUT2D eigenvalue weighted by molar-refractivity contribution is 0.0975. The summed E-state index contributed by atoms with van der Waals surface area (Å²) < 4.78 is 1.03. The lowest BCUT2D eigenvalue weighted by Gasteiger charge is -2.20. The number of aliphatic hydroxyl groups excluding tert-OH is 1. The van der Waals surface area contributed by atoms with E-state index in [0.717, 1.165) is 22.9 Å². The van der Waals surface area contributed by atoms with Crippen LogP contribution in [-0.4, -0.2) is 11.7 Å². The van der Waals surface area contributed by atoms with Crippen molar-refractivity contribution in [2.75, 3.05) is 6.54 Å². The molecule has 0 amide bonds. The molecule has 0 saturated heterocycles. The number of hydrogen-bond donors (Lipinski definition) is 2. The molecule has 0 aliphatic heterocycles. The number of benzene rings is 1. The molecular weight excluding hydrogens is 242 g/mol. The Hall–Kier alpha value is -0.380. The number of hydrogen-bond acceptors (Lipinski definition) is 2. The molecule has 1 unspecified atom stereocenters. The summed E-state index contributed by atoms with van der Waals surface area (Å²) >= 11 is 3.37. The van der Waals surface area contributed by atoms with E-state index in [9.17, 15) is 5.11 Å². The van der Waals surface area contributed by atoms with Gasteiger partial charge in [-0.1, -0.05) is 28.1 Å². The predicted octanol–water partition coefficient (Wildman–Crippen LogP) is 2.22. The third-order valence-electron chi connectivity index (χ3n) is 3.06. The van der Waals surface area contributed by atoms with Crippen molar-refractivity contribution in [2.24, 2.45) is 11.1 Å². The van der Waals surface area contributed by atoms with E-state index >= 15 is 0 Å². The molecule has 0 heterocycles. The van der Waals surface area contributed by atoms with Crippen LogP contribution < -0.4 is 5.73 Å². The maximum atomic E-state index is 10.1. The highest BCUT2D eigenvalue weighted by atomic mass is 79.9. The summed E-state index contributed by atoms with van der Waals surface area (Å²) in [5.41, 5.74) is 6.60. The molecule has 1 fully saturated rings. The van der Waals surface area contributed by atoms with Gasteiger partial charge in [-0.25, -0.2) is 0 Å². The Labute approximate surface area is 92.3 Å². The summed E-state index contributed by atoms with van der Waals surface area (Å²) in [6.45, 7) is 0.574. The van der Waals surface area contributed by atoms with E-state index in [4.69, 9.17) is 5.73 Å². The third kappa shape index (κ3) is 1.72. The number of rotatable bonds is 3. The SMILES string of the molecule is NCC1(C(O)c2ccc(Br)cc2)CC1. The fourth-order valence-corrected chi connectivity index (χ4v) is 2.01. The molecule has 3 heteroatoms. The standard InChI is InChI=1S/C11H14BrNO/c12-9-3-1-8(2-4-9)10(14)11(7-13)5-6-11/h1-4,10,14H,5-7,13H2. The molecule has 0 radical (unpaired) electrons. The zero-order chi connectivity index (χ0) is 10.2. The highest BCUT2D eigenvalue weighted by molar-refractivity contribution is 9.10. The summed E-state index contributed by atoms with van der Waals surface area (Å²) in [7, 11) is 0. The normalized spacial score (nSPS) is 20.5. The Kier molecular flexibility index (Phi) is 2.64. The Morgan fingerprint density at radius 3 is 2.36 bits per heavy atom. The molecule has 1 atom stereocenters. The van der Waals surface area contributed by atoms with Gasteiger partial charge in [0.25, 0.3) is 0 Å². The van der Waals surface area contributed by atoms with Crippen LogP contribution in [0, 0.1) is 5.41 Å². The number of nitrogens with two attached hydrogens (primary N) is 1. The van der Waals surface area contributed by atoms with Gasteiger partial charge in [-0.15, -0.1) is 0 Å². The van der Waals surface area contributed by atoms with E-state index in [1.54, 1.807) is 0 Å². The van der Waals surface area contributed by atoms with Gasteiger partial charge in [0, 0.05) is 16.4 Å². The first-order chi connectivity index (χ1) is 6.68. The van der Waals surface area contributed by atoms with Crippen LogP contribution in [0.2, 0.25) is 0 Å². The quantitative estimate of drug-likeness (QED) is 0.871. The smallest absolute Gasteiger partial charge is 0.0858 e. The van der Waals surface area contributed by atoms with E-state index in [-0.39, 0.29) is 5.41 Å². The minimum absolute atomic E-state index is 0.0339. The second-order valence-electron chi connectivity index (χ2n) is 4.02. The topological polar surface area (TPSA) is 46.2 Å². The van der Waals surface area contributed by atoms with Crippen molar-refractivity contribution in [1.29, 1.82) is 0 Å². The largest absolute Gasteiger partial charge is 0.388 e. The molecule has 0 bridgehead atoms. The van der Waals surface area contributed by atoms with E-state index in [1.807, 2.05) is 24.3 Å². The average Bonchev–Trinajstić information content (AvgIpc) is 2.99. The van der Waals surface area contributed by atoms with Crippen molar-refractivity contribution in [3.8, 4) is 0 Å². The molecule has 1 aromatic rings. The highest BCUT2D eigenvalue weighted by Crippen LogP contribution is 2.53. The maximum Gasteiger partial charge on any atom is 0.0858 e. The molecule has 3 N–H and O–H groups in total. The van der Waals surface area contributed by atoms with Crippen molar-refractivity contribution in [3.63, 3.8) is 0 Å². The highest BCUT2D eigenvalue weighted by Gasteiger charge is 2.48. The van der Waals surface area contributed by atoms with E-state index in [2.05, 4.69) is 15.9 Å². The number of aliphatic hydroxyl groups is 1. The Bertz CT molecular complexity index is 319. The first kappa shape index (κ1) is 10.1. The van der Waals surface area contributed by atoms with Crippen LogP contribution in [0.3, 0.4) is 0 Å². The first-order valence-corrected chi connectivity index (χ1v) is 5.61. The Balaban J connectivity index is 2.19. The average molecular weight is 256 g/mol. The van der Waals surface area contributed by atoms with Gasteiger partial charge in [0.1, 0.15) is 0 Å². The molecule has 2 nitrogen and oxygen atoms in total. The predicted molar refractivity (Wildman–Crippen MR) is 59.8 cm³/mol. The second kappa shape index (κ2) is 3.65. The molecule has 1 aliphatic rings. The fourth-order valence-electron chi connectivity index (χ4n) is 1.75. The molecule has 1 aromatic carbocycles. The van der Waals surface area contributed by atoms with Gasteiger partial charge >= 0.3 is 0 Å². The van der Waals surface area contributed by atoms with E-state index in [1.165, 1.54) is 0 Å². The van der Waals surface area contributed by atoms with Gasteiger partial charge in [-0.2, -0.15) is 0 Å². The van der Waals surface area contributed by atoms with Crippen LogP contribution in [0.5, 0.6) is 0 Å². The maximum absolute atomic E-state index is 10.1. The van der Waals surface area contributed by atoms with Gasteiger partial charge < -0.3 is 10.8 Å². The minimum Gasteiger partial charge on any atom is -0.388 e. The van der Waals surface area contributed by atoms with E-state index in [0.29, 0.717) is 6.54 Å². The van der Waals surface area contributed by atoms with Crippen molar-refractivity contribution in [1.82, 2.24) is 0 Å². The van der Waals surface area contributed by atoms with Gasteiger partial charge in [0.15, 0.2) is 0 Å². The first-order valence-electron chi connectivity index (χ1n) is 4.81. The van der Waals surface area contributed by atoms with Crippen molar-refractivity contribution in [2.45, 2.75) is 18.9 Å². The summed E-state index contributed by atoms with van der Waals surface area (Å²) in [6.07, 6.45) is 1.68. The van der Waals surface area contributed by atoms with Gasteiger partial charge in [0.05, 0.1) is 6.10 Å². The van der Waals surface area contributed by atoms with Crippen LogP contribution in [-0.2, 0) is 0 Å². The lowest BCUT2D eigenvalue weighted by atomic mass is 9.93. The molecule has 1 saturated carbocycles. The zero-order valence-corrected chi connectivity index (χ0v) is 9.50. The Morgan fingerprint density at radius 2 is 1.93 bits per heavy atom. The monoisotopic (exact) mass is 255 g/mol. The minimum atomic E-state index is -0.402. The van der Waals surface area contributed by atoms with Crippen molar-refractivity contribution < 1.29 is 5.11 Å². The third-order valence-corrected chi connectivity index (χ3v) is 3.59. The van der Waals surface area contributed by atoms with Crippen LogP contribution >= 0.6 is 15.9 Å². The number of halogens is 1. The fraction of sp³-hybridized carbons (Fsp3) is 0.455. The zero-order valence-electron chi connectivity index (χ0n) is 7.91. The summed E-state index contributed by atoms with van der Waals surface area (Å²) in [5.74, 6) is 0. The molecule has 76 valence electrons. The van der Waals surface area contributed by atoms with Crippen LogP contribution in [0.15, 0.2) is 28.7 Å². The molecular formula is C11H14BrNO. The Morgan fingerprint density at radius 1 is 1.36 bits per heavy atom. The van der Waals surface area contributed by atoms with Crippen molar-refractivity contribution >= 4 is 15.9 Å².